The summed E-state index contributed by atoms with van der Waals surface area (Å²) in [5, 5.41) is 3.94. The van der Waals surface area contributed by atoms with Gasteiger partial charge in [0.15, 0.2) is 0 Å². The van der Waals surface area contributed by atoms with Crippen LogP contribution < -0.4 is 4.31 Å². The predicted octanol–water partition coefficient (Wildman–Crippen LogP) is 2.72. The van der Waals surface area contributed by atoms with Gasteiger partial charge in [-0.15, -0.1) is 0 Å². The lowest BCUT2D eigenvalue weighted by Crippen LogP contribution is -2.41. The van der Waals surface area contributed by atoms with Gasteiger partial charge in [-0.1, -0.05) is 60.6 Å². The van der Waals surface area contributed by atoms with Crippen molar-refractivity contribution in [3.8, 4) is 11.4 Å². The Kier molecular flexibility index (Phi) is 6.51. The van der Waals surface area contributed by atoms with Gasteiger partial charge in [0.2, 0.25) is 27.6 Å². The highest BCUT2D eigenvalue weighted by atomic mass is 32.2. The number of amides is 1. The Balaban J connectivity index is 1.74. The van der Waals surface area contributed by atoms with E-state index in [1.165, 1.54) is 4.90 Å². The summed E-state index contributed by atoms with van der Waals surface area (Å²) in [6, 6.07) is 16.5. The van der Waals surface area contributed by atoms with Gasteiger partial charge in [-0.25, -0.2) is 8.42 Å². The number of aromatic nitrogens is 2. The Morgan fingerprint density at radius 3 is 2.40 bits per heavy atom. The zero-order valence-corrected chi connectivity index (χ0v) is 18.0. The summed E-state index contributed by atoms with van der Waals surface area (Å²) in [6.07, 6.45) is 1.74. The summed E-state index contributed by atoms with van der Waals surface area (Å²) < 4.78 is 31.2. The SMILES string of the molecule is CCc1ccccc1N(CC(=O)N(C)Cc1nc(-c2ccccc2)no1)S(C)(=O)=O. The average molecular weight is 429 g/mol. The van der Waals surface area contributed by atoms with Crippen LogP contribution >= 0.6 is 0 Å². The fraction of sp³-hybridized carbons (Fsp3) is 0.286. The molecule has 1 amide bonds. The topological polar surface area (TPSA) is 96.6 Å². The predicted molar refractivity (Wildman–Crippen MR) is 114 cm³/mol. The summed E-state index contributed by atoms with van der Waals surface area (Å²) in [7, 11) is -2.08. The fourth-order valence-electron chi connectivity index (χ4n) is 2.99. The van der Waals surface area contributed by atoms with Gasteiger partial charge in [0.05, 0.1) is 18.5 Å². The Bertz CT molecular complexity index is 1110. The third-order valence-electron chi connectivity index (χ3n) is 4.62. The first kappa shape index (κ1) is 21.5. The first-order chi connectivity index (χ1) is 14.3. The lowest BCUT2D eigenvalue weighted by atomic mass is 10.1. The molecule has 0 spiro atoms. The van der Waals surface area contributed by atoms with E-state index < -0.39 is 10.0 Å². The number of hydrogen-bond acceptors (Lipinski definition) is 6. The lowest BCUT2D eigenvalue weighted by Gasteiger charge is -2.26. The second-order valence-electron chi connectivity index (χ2n) is 6.88. The summed E-state index contributed by atoms with van der Waals surface area (Å²) in [5.41, 5.74) is 2.16. The minimum Gasteiger partial charge on any atom is -0.337 e. The highest BCUT2D eigenvalue weighted by Crippen LogP contribution is 2.23. The van der Waals surface area contributed by atoms with Crippen LogP contribution in [-0.2, 0) is 27.8 Å². The first-order valence-electron chi connectivity index (χ1n) is 9.47. The largest absolute Gasteiger partial charge is 0.337 e. The van der Waals surface area contributed by atoms with Gasteiger partial charge < -0.3 is 9.42 Å². The molecule has 0 aliphatic rings. The molecule has 0 aliphatic carbocycles. The van der Waals surface area contributed by atoms with E-state index in [1.807, 2.05) is 49.4 Å². The summed E-state index contributed by atoms with van der Waals surface area (Å²) >= 11 is 0. The van der Waals surface area contributed by atoms with Crippen LogP contribution in [0.25, 0.3) is 11.4 Å². The zero-order chi connectivity index (χ0) is 21.7. The number of hydrogen-bond donors (Lipinski definition) is 0. The average Bonchev–Trinajstić information content (AvgIpc) is 3.20. The normalized spacial score (nSPS) is 11.3. The van der Waals surface area contributed by atoms with Crippen molar-refractivity contribution in [1.29, 1.82) is 0 Å². The fourth-order valence-corrected chi connectivity index (χ4v) is 3.87. The number of sulfonamides is 1. The van der Waals surface area contributed by atoms with Crippen molar-refractivity contribution in [2.45, 2.75) is 19.9 Å². The molecule has 3 aromatic rings. The molecule has 0 N–H and O–H groups in total. The molecule has 0 saturated heterocycles. The van der Waals surface area contributed by atoms with Crippen LogP contribution in [-0.4, -0.2) is 49.2 Å². The minimum absolute atomic E-state index is 0.0751. The number of carbonyl (C=O) groups is 1. The molecule has 9 heteroatoms. The number of carbonyl (C=O) groups excluding carboxylic acids is 1. The molecule has 0 unspecified atom stereocenters. The highest BCUT2D eigenvalue weighted by molar-refractivity contribution is 7.92. The van der Waals surface area contributed by atoms with Gasteiger partial charge in [0, 0.05) is 12.6 Å². The second-order valence-corrected chi connectivity index (χ2v) is 8.79. The molecule has 0 bridgehead atoms. The van der Waals surface area contributed by atoms with Crippen LogP contribution in [0, 0.1) is 0 Å². The standard InChI is InChI=1S/C21H24N4O4S/c1-4-16-10-8-9-13-18(16)25(30(3,27)28)15-20(26)24(2)14-19-22-21(23-29-19)17-11-6-5-7-12-17/h5-13H,4,14-15H2,1-3H3. The smallest absolute Gasteiger partial charge is 0.246 e. The minimum atomic E-state index is -3.65. The lowest BCUT2D eigenvalue weighted by molar-refractivity contribution is -0.129. The summed E-state index contributed by atoms with van der Waals surface area (Å²) in [6.45, 7) is 1.70. The van der Waals surface area contributed by atoms with Crippen molar-refractivity contribution in [3.63, 3.8) is 0 Å². The number of likely N-dealkylation sites (N-methyl/N-ethyl adjacent to an activating group) is 1. The molecule has 0 atom stereocenters. The van der Waals surface area contributed by atoms with Gasteiger partial charge in [-0.05, 0) is 18.1 Å². The number of para-hydroxylation sites is 1. The monoisotopic (exact) mass is 428 g/mol. The van der Waals surface area contributed by atoms with Crippen molar-refractivity contribution < 1.29 is 17.7 Å². The van der Waals surface area contributed by atoms with Gasteiger partial charge in [0.1, 0.15) is 6.54 Å². The molecule has 2 aromatic carbocycles. The molecular weight excluding hydrogens is 404 g/mol. The van der Waals surface area contributed by atoms with Gasteiger partial charge in [-0.2, -0.15) is 4.98 Å². The van der Waals surface area contributed by atoms with Crippen LogP contribution in [0.3, 0.4) is 0 Å². The maximum atomic E-state index is 12.8. The van der Waals surface area contributed by atoms with E-state index >= 15 is 0 Å². The van der Waals surface area contributed by atoms with Crippen molar-refractivity contribution in [3.05, 3.63) is 66.1 Å². The number of rotatable bonds is 8. The Labute approximate surface area is 176 Å². The van der Waals surface area contributed by atoms with E-state index in [0.717, 1.165) is 21.7 Å². The summed E-state index contributed by atoms with van der Waals surface area (Å²) in [4.78, 5) is 18.5. The molecule has 1 aromatic heterocycles. The quantitative estimate of drug-likeness (QED) is 0.547. The third kappa shape index (κ3) is 5.04. The molecule has 0 aliphatic heterocycles. The van der Waals surface area contributed by atoms with Crippen LogP contribution in [0.5, 0.6) is 0 Å². The van der Waals surface area contributed by atoms with Crippen LogP contribution in [0.1, 0.15) is 18.4 Å². The maximum absolute atomic E-state index is 12.8. The Morgan fingerprint density at radius 2 is 1.73 bits per heavy atom. The molecule has 0 radical (unpaired) electrons. The maximum Gasteiger partial charge on any atom is 0.246 e. The number of aryl methyl sites for hydroxylation is 1. The molecule has 1 heterocycles. The first-order valence-corrected chi connectivity index (χ1v) is 11.3. The Hall–Kier alpha value is -3.20. The third-order valence-corrected chi connectivity index (χ3v) is 5.75. The number of nitrogens with zero attached hydrogens (tertiary/aromatic N) is 4. The Morgan fingerprint density at radius 1 is 1.07 bits per heavy atom. The van der Waals surface area contributed by atoms with Crippen molar-refractivity contribution in [2.75, 3.05) is 24.2 Å². The molecular formula is C21H24N4O4S. The molecule has 158 valence electrons. The molecule has 3 rings (SSSR count). The van der Waals surface area contributed by atoms with Crippen LogP contribution in [0.2, 0.25) is 0 Å². The summed E-state index contributed by atoms with van der Waals surface area (Å²) in [5.74, 6) is 0.316. The van der Waals surface area contributed by atoms with E-state index in [-0.39, 0.29) is 24.9 Å². The number of benzene rings is 2. The van der Waals surface area contributed by atoms with Gasteiger partial charge in [-0.3, -0.25) is 9.10 Å². The van der Waals surface area contributed by atoms with E-state index in [9.17, 15) is 13.2 Å². The number of anilines is 1. The molecule has 0 fully saturated rings. The zero-order valence-electron chi connectivity index (χ0n) is 17.1. The van der Waals surface area contributed by atoms with Gasteiger partial charge >= 0.3 is 0 Å². The van der Waals surface area contributed by atoms with Gasteiger partial charge in [0.25, 0.3) is 0 Å². The van der Waals surface area contributed by atoms with E-state index in [1.54, 1.807) is 19.2 Å². The van der Waals surface area contributed by atoms with E-state index in [4.69, 9.17) is 4.52 Å². The molecule has 8 nitrogen and oxygen atoms in total. The van der Waals surface area contributed by atoms with Crippen molar-refractivity contribution in [2.24, 2.45) is 0 Å². The molecule has 30 heavy (non-hydrogen) atoms. The van der Waals surface area contributed by atoms with Crippen molar-refractivity contribution >= 4 is 21.6 Å². The van der Waals surface area contributed by atoms with E-state index in [2.05, 4.69) is 10.1 Å². The second kappa shape index (κ2) is 9.08. The highest BCUT2D eigenvalue weighted by Gasteiger charge is 2.25. The molecule has 0 saturated carbocycles. The van der Waals surface area contributed by atoms with Crippen molar-refractivity contribution in [1.82, 2.24) is 15.0 Å². The van der Waals surface area contributed by atoms with Crippen LogP contribution in [0.15, 0.2) is 59.1 Å². The van der Waals surface area contributed by atoms with E-state index in [0.29, 0.717) is 17.9 Å². The van der Waals surface area contributed by atoms with Crippen LogP contribution in [0.4, 0.5) is 5.69 Å².